The summed E-state index contributed by atoms with van der Waals surface area (Å²) in [5.41, 5.74) is 11.1. The van der Waals surface area contributed by atoms with Gasteiger partial charge in [-0.25, -0.2) is 15.0 Å². The maximum absolute atomic E-state index is 6.40. The lowest BCUT2D eigenvalue weighted by atomic mass is 9.87. The average Bonchev–Trinajstić information content (AvgIpc) is 3.76. The summed E-state index contributed by atoms with van der Waals surface area (Å²) in [7, 11) is 0. The standard InChI is InChI=1S/C61H37N3O/c1-2-14-40(15-3-1)57-53-22-8-6-19-49(53)50-20-7-9-23-54(50)58(57)61-63-59(62-60(64-61)47-31-32-52-51-21-10-11-24-55(51)65-56(52)37-47)46-18-12-17-42(34-46)44-29-26-39-27-30-45(36-48(39)35-44)43-28-25-38-13-4-5-16-41(38)33-43/h1-37H. The van der Waals surface area contributed by atoms with E-state index in [9.17, 15) is 0 Å². The Bertz CT molecular complexity index is 4020. The van der Waals surface area contributed by atoms with Gasteiger partial charge in [-0.1, -0.05) is 182 Å². The molecule has 302 valence electrons. The molecule has 0 aliphatic rings. The monoisotopic (exact) mass is 827 g/mol. The van der Waals surface area contributed by atoms with Crippen LogP contribution in [0.5, 0.6) is 0 Å². The first-order valence-electron chi connectivity index (χ1n) is 22.0. The van der Waals surface area contributed by atoms with Gasteiger partial charge in [0.05, 0.1) is 0 Å². The van der Waals surface area contributed by atoms with Crippen LogP contribution in [-0.4, -0.2) is 15.0 Å². The Morgan fingerprint density at radius 1 is 0.231 bits per heavy atom. The Morgan fingerprint density at radius 2 is 0.692 bits per heavy atom. The Morgan fingerprint density at radius 3 is 1.40 bits per heavy atom. The molecule has 0 unspecified atom stereocenters. The van der Waals surface area contributed by atoms with E-state index in [1.807, 2.05) is 18.2 Å². The van der Waals surface area contributed by atoms with Gasteiger partial charge in [-0.3, -0.25) is 0 Å². The molecule has 0 saturated carbocycles. The van der Waals surface area contributed by atoms with Crippen LogP contribution in [0.25, 0.3) is 133 Å². The van der Waals surface area contributed by atoms with Crippen molar-refractivity contribution >= 4 is 65.0 Å². The quantitative estimate of drug-likeness (QED) is 0.157. The summed E-state index contributed by atoms with van der Waals surface area (Å²) in [6, 6.07) is 79.5. The average molecular weight is 828 g/mol. The van der Waals surface area contributed by atoms with E-state index in [0.717, 1.165) is 77.0 Å². The first-order chi connectivity index (χ1) is 32.2. The van der Waals surface area contributed by atoms with Crippen molar-refractivity contribution in [3.05, 3.63) is 224 Å². The van der Waals surface area contributed by atoms with E-state index in [1.54, 1.807) is 0 Å². The van der Waals surface area contributed by atoms with E-state index >= 15 is 0 Å². The molecule has 13 aromatic rings. The molecule has 0 bridgehead atoms. The summed E-state index contributed by atoms with van der Waals surface area (Å²) in [4.78, 5) is 16.1. The SMILES string of the molecule is c1ccc(-c2c(-c3nc(-c4cccc(-c5ccc6ccc(-c7ccc8ccccc8c7)cc6c5)c4)nc(-c4ccc5c(c4)oc4ccccc45)n3)c3ccccc3c3ccccc23)cc1. The summed E-state index contributed by atoms with van der Waals surface area (Å²) in [5.74, 6) is 1.76. The van der Waals surface area contributed by atoms with Crippen molar-refractivity contribution in [3.8, 4) is 67.5 Å². The summed E-state index contributed by atoms with van der Waals surface area (Å²) in [6.07, 6.45) is 0. The maximum atomic E-state index is 6.40. The van der Waals surface area contributed by atoms with Crippen molar-refractivity contribution in [3.63, 3.8) is 0 Å². The number of hydrogen-bond acceptors (Lipinski definition) is 4. The van der Waals surface area contributed by atoms with Gasteiger partial charge in [0.1, 0.15) is 11.2 Å². The van der Waals surface area contributed by atoms with Gasteiger partial charge in [-0.15, -0.1) is 0 Å². The van der Waals surface area contributed by atoms with Gasteiger partial charge in [-0.2, -0.15) is 0 Å². The fourth-order valence-electron chi connectivity index (χ4n) is 9.70. The van der Waals surface area contributed by atoms with E-state index in [-0.39, 0.29) is 0 Å². The zero-order valence-corrected chi connectivity index (χ0v) is 35.1. The number of para-hydroxylation sites is 1. The number of furan rings is 1. The first kappa shape index (κ1) is 36.9. The molecule has 11 aromatic carbocycles. The highest BCUT2D eigenvalue weighted by Gasteiger charge is 2.22. The lowest BCUT2D eigenvalue weighted by Gasteiger charge is -2.18. The van der Waals surface area contributed by atoms with E-state index in [2.05, 4.69) is 206 Å². The fraction of sp³-hybridized carbons (Fsp3) is 0. The molecular weight excluding hydrogens is 791 g/mol. The van der Waals surface area contributed by atoms with E-state index in [4.69, 9.17) is 19.4 Å². The minimum absolute atomic E-state index is 0.570. The van der Waals surface area contributed by atoms with Crippen molar-refractivity contribution < 1.29 is 4.42 Å². The zero-order valence-electron chi connectivity index (χ0n) is 35.1. The second-order valence-electron chi connectivity index (χ2n) is 16.7. The lowest BCUT2D eigenvalue weighted by Crippen LogP contribution is -2.02. The van der Waals surface area contributed by atoms with E-state index < -0.39 is 0 Å². The van der Waals surface area contributed by atoms with Gasteiger partial charge in [0.2, 0.25) is 0 Å². The Labute approximate surface area is 374 Å². The molecule has 0 aliphatic heterocycles. The molecule has 4 nitrogen and oxygen atoms in total. The van der Waals surface area contributed by atoms with E-state index in [0.29, 0.717) is 17.5 Å². The highest BCUT2D eigenvalue weighted by atomic mass is 16.3. The van der Waals surface area contributed by atoms with Crippen molar-refractivity contribution in [2.75, 3.05) is 0 Å². The summed E-state index contributed by atoms with van der Waals surface area (Å²) in [5, 5.41) is 11.5. The number of aromatic nitrogens is 3. The highest BCUT2D eigenvalue weighted by Crippen LogP contribution is 2.44. The maximum Gasteiger partial charge on any atom is 0.165 e. The van der Waals surface area contributed by atoms with Gasteiger partial charge >= 0.3 is 0 Å². The third-order valence-corrected chi connectivity index (χ3v) is 12.9. The van der Waals surface area contributed by atoms with Crippen molar-refractivity contribution in [1.29, 1.82) is 0 Å². The number of fused-ring (bicyclic) bond motifs is 8. The van der Waals surface area contributed by atoms with Crippen LogP contribution < -0.4 is 0 Å². The van der Waals surface area contributed by atoms with Gasteiger partial charge in [0.15, 0.2) is 17.5 Å². The van der Waals surface area contributed by atoms with Crippen LogP contribution in [0.4, 0.5) is 0 Å². The molecule has 0 atom stereocenters. The fourth-order valence-corrected chi connectivity index (χ4v) is 9.70. The van der Waals surface area contributed by atoms with Crippen LogP contribution in [0, 0.1) is 0 Å². The van der Waals surface area contributed by atoms with Crippen LogP contribution in [0.3, 0.4) is 0 Å². The second kappa shape index (κ2) is 15.0. The van der Waals surface area contributed by atoms with Gasteiger partial charge in [-0.05, 0) is 113 Å². The summed E-state index contributed by atoms with van der Waals surface area (Å²) >= 11 is 0. The molecule has 13 rings (SSSR count). The second-order valence-corrected chi connectivity index (χ2v) is 16.7. The molecule has 4 heteroatoms. The molecule has 2 heterocycles. The zero-order chi connectivity index (χ0) is 42.8. The molecule has 0 N–H and O–H groups in total. The molecule has 0 aliphatic carbocycles. The topological polar surface area (TPSA) is 51.8 Å². The molecule has 0 saturated heterocycles. The Hall–Kier alpha value is -8.73. The predicted molar refractivity (Wildman–Crippen MR) is 270 cm³/mol. The third kappa shape index (κ3) is 6.34. The van der Waals surface area contributed by atoms with Crippen LogP contribution in [0.15, 0.2) is 229 Å². The smallest absolute Gasteiger partial charge is 0.165 e. The predicted octanol–water partition coefficient (Wildman–Crippen LogP) is 16.4. The minimum Gasteiger partial charge on any atom is -0.456 e. The van der Waals surface area contributed by atoms with Crippen LogP contribution in [0.1, 0.15) is 0 Å². The molecule has 0 fully saturated rings. The van der Waals surface area contributed by atoms with Crippen molar-refractivity contribution in [2.24, 2.45) is 0 Å². The molecule has 0 spiro atoms. The largest absolute Gasteiger partial charge is 0.456 e. The Balaban J connectivity index is 1.00. The third-order valence-electron chi connectivity index (χ3n) is 12.9. The summed E-state index contributed by atoms with van der Waals surface area (Å²) < 4.78 is 6.40. The molecular formula is C61H37N3O. The van der Waals surface area contributed by atoms with Gasteiger partial charge in [0.25, 0.3) is 0 Å². The summed E-state index contributed by atoms with van der Waals surface area (Å²) in [6.45, 7) is 0. The lowest BCUT2D eigenvalue weighted by molar-refractivity contribution is 0.669. The van der Waals surface area contributed by atoms with Gasteiger partial charge in [0, 0.05) is 33.0 Å². The highest BCUT2D eigenvalue weighted by molar-refractivity contribution is 6.21. The molecule has 2 aromatic heterocycles. The van der Waals surface area contributed by atoms with Gasteiger partial charge < -0.3 is 4.42 Å². The van der Waals surface area contributed by atoms with E-state index in [1.165, 1.54) is 38.1 Å². The number of rotatable bonds is 6. The van der Waals surface area contributed by atoms with Crippen LogP contribution in [0.2, 0.25) is 0 Å². The molecule has 0 amide bonds. The van der Waals surface area contributed by atoms with Crippen LogP contribution in [-0.2, 0) is 0 Å². The normalized spacial score (nSPS) is 11.7. The molecule has 65 heavy (non-hydrogen) atoms. The van der Waals surface area contributed by atoms with Crippen molar-refractivity contribution in [1.82, 2.24) is 15.0 Å². The molecule has 0 radical (unpaired) electrons. The number of benzene rings is 11. The number of nitrogens with zero attached hydrogens (tertiary/aromatic N) is 3. The number of hydrogen-bond donors (Lipinski definition) is 0. The van der Waals surface area contributed by atoms with Crippen LogP contribution >= 0.6 is 0 Å². The van der Waals surface area contributed by atoms with Crippen molar-refractivity contribution in [2.45, 2.75) is 0 Å². The minimum atomic E-state index is 0.570. The first-order valence-corrected chi connectivity index (χ1v) is 22.0. The Kier molecular flexibility index (Phi) is 8.50.